The van der Waals surface area contributed by atoms with E-state index in [9.17, 15) is 9.59 Å². The zero-order valence-electron chi connectivity index (χ0n) is 18.0. The Balaban J connectivity index is 1.21. The van der Waals surface area contributed by atoms with Crippen LogP contribution in [0.1, 0.15) is 31.0 Å². The Morgan fingerprint density at radius 2 is 2.00 bits per heavy atom. The third-order valence-electron chi connectivity index (χ3n) is 5.53. The molecule has 0 saturated carbocycles. The molecule has 1 aliphatic rings. The molecule has 3 N–H and O–H groups in total. The summed E-state index contributed by atoms with van der Waals surface area (Å²) in [6.45, 7) is 4.16. The van der Waals surface area contributed by atoms with E-state index in [0.717, 1.165) is 34.5 Å². The Morgan fingerprint density at radius 1 is 1.19 bits per heavy atom. The van der Waals surface area contributed by atoms with Gasteiger partial charge >= 0.3 is 6.03 Å². The number of hydrogen-bond acceptors (Lipinski definition) is 3. The molecule has 0 bridgehead atoms. The van der Waals surface area contributed by atoms with Crippen molar-refractivity contribution in [3.63, 3.8) is 0 Å². The number of benzene rings is 2. The number of fused-ring (bicyclic) bond motifs is 3. The zero-order valence-corrected chi connectivity index (χ0v) is 18.8. The number of ether oxygens (including phenoxy) is 1. The Labute approximate surface area is 192 Å². The molecule has 32 heavy (non-hydrogen) atoms. The number of carbonyl (C=O) groups is 2. The number of amides is 3. The summed E-state index contributed by atoms with van der Waals surface area (Å²) in [5, 5.41) is 7.63. The van der Waals surface area contributed by atoms with Gasteiger partial charge in [0.1, 0.15) is 5.75 Å². The summed E-state index contributed by atoms with van der Waals surface area (Å²) in [6, 6.07) is 13.0. The number of halogens is 1. The minimum absolute atomic E-state index is 0.0808. The van der Waals surface area contributed by atoms with Crippen LogP contribution in [-0.2, 0) is 17.8 Å². The zero-order chi connectivity index (χ0) is 22.5. The fourth-order valence-corrected chi connectivity index (χ4v) is 4.14. The molecule has 0 atom stereocenters. The van der Waals surface area contributed by atoms with E-state index in [4.69, 9.17) is 16.3 Å². The summed E-state index contributed by atoms with van der Waals surface area (Å²) in [6.07, 6.45) is 1.69. The molecule has 2 aromatic carbocycles. The third-order valence-corrected chi connectivity index (χ3v) is 5.77. The number of nitrogens with zero attached hydrogens (tertiary/aromatic N) is 1. The average Bonchev–Trinajstić information content (AvgIpc) is 3.15. The average molecular weight is 455 g/mol. The van der Waals surface area contributed by atoms with Crippen LogP contribution in [-0.4, -0.2) is 41.5 Å². The number of rotatable bonds is 7. The fraction of sp³-hybridized carbons (Fsp3) is 0.333. The second-order valence-corrected chi connectivity index (χ2v) is 8.22. The lowest BCUT2D eigenvalue weighted by atomic mass is 10.0. The first-order valence-electron chi connectivity index (χ1n) is 10.9. The first kappa shape index (κ1) is 22.0. The van der Waals surface area contributed by atoms with Gasteiger partial charge in [-0.15, -0.1) is 0 Å². The van der Waals surface area contributed by atoms with Crippen LogP contribution in [0.4, 0.5) is 10.5 Å². The number of carbonyl (C=O) groups excluding carboxylic acids is 2. The maximum Gasteiger partial charge on any atom is 0.317 e. The lowest BCUT2D eigenvalue weighted by Gasteiger charge is -2.27. The van der Waals surface area contributed by atoms with Crippen molar-refractivity contribution in [1.29, 1.82) is 0 Å². The quantitative estimate of drug-likeness (QED) is 0.452. The minimum atomic E-state index is -0.112. The summed E-state index contributed by atoms with van der Waals surface area (Å²) in [4.78, 5) is 29.9. The molecule has 2 heterocycles. The predicted molar refractivity (Wildman–Crippen MR) is 126 cm³/mol. The lowest BCUT2D eigenvalue weighted by Crippen LogP contribution is -2.43. The van der Waals surface area contributed by atoms with Gasteiger partial charge in [0.25, 0.3) is 0 Å². The highest BCUT2D eigenvalue weighted by molar-refractivity contribution is 6.31. The first-order valence-corrected chi connectivity index (χ1v) is 11.3. The molecule has 4 rings (SSSR count). The van der Waals surface area contributed by atoms with E-state index in [2.05, 4.69) is 15.6 Å². The van der Waals surface area contributed by atoms with Gasteiger partial charge in [-0.1, -0.05) is 11.6 Å². The highest BCUT2D eigenvalue weighted by Gasteiger charge is 2.23. The molecule has 1 aromatic heterocycles. The molecule has 0 aliphatic carbocycles. The van der Waals surface area contributed by atoms with Gasteiger partial charge < -0.3 is 25.3 Å². The van der Waals surface area contributed by atoms with Crippen molar-refractivity contribution in [2.75, 3.05) is 25.0 Å². The number of aromatic nitrogens is 1. The summed E-state index contributed by atoms with van der Waals surface area (Å²) in [5.41, 5.74) is 4.06. The van der Waals surface area contributed by atoms with Gasteiger partial charge in [0, 0.05) is 46.8 Å². The molecule has 3 aromatic rings. The number of nitrogens with one attached hydrogen (secondary N) is 3. The summed E-state index contributed by atoms with van der Waals surface area (Å²) in [7, 11) is 0. The van der Waals surface area contributed by atoms with Crippen LogP contribution in [0.5, 0.6) is 5.75 Å². The van der Waals surface area contributed by atoms with E-state index in [1.165, 1.54) is 5.56 Å². The molecule has 0 unspecified atom stereocenters. The Hall–Kier alpha value is -3.19. The Bertz CT molecular complexity index is 1110. The largest absolute Gasteiger partial charge is 0.494 e. The normalized spacial score (nSPS) is 13.0. The number of aromatic amines is 1. The molecule has 0 saturated heterocycles. The maximum absolute atomic E-state index is 12.6. The summed E-state index contributed by atoms with van der Waals surface area (Å²) < 4.78 is 5.39. The maximum atomic E-state index is 12.6. The van der Waals surface area contributed by atoms with E-state index in [1.807, 2.05) is 49.4 Å². The van der Waals surface area contributed by atoms with Crippen LogP contribution >= 0.6 is 11.6 Å². The minimum Gasteiger partial charge on any atom is -0.494 e. The molecule has 3 amide bonds. The van der Waals surface area contributed by atoms with Crippen molar-refractivity contribution in [2.24, 2.45) is 0 Å². The highest BCUT2D eigenvalue weighted by atomic mass is 35.5. The smallest absolute Gasteiger partial charge is 0.317 e. The van der Waals surface area contributed by atoms with Gasteiger partial charge in [0.05, 0.1) is 13.2 Å². The lowest BCUT2D eigenvalue weighted by molar-refractivity contribution is -0.116. The van der Waals surface area contributed by atoms with Gasteiger partial charge in [-0.3, -0.25) is 4.79 Å². The van der Waals surface area contributed by atoms with E-state index in [1.54, 1.807) is 4.90 Å². The monoisotopic (exact) mass is 454 g/mol. The number of H-pyrrole nitrogens is 1. The number of hydrogen-bond donors (Lipinski definition) is 3. The summed E-state index contributed by atoms with van der Waals surface area (Å²) >= 11 is 6.13. The second kappa shape index (κ2) is 9.96. The van der Waals surface area contributed by atoms with Crippen LogP contribution in [0.2, 0.25) is 5.02 Å². The first-order chi connectivity index (χ1) is 15.5. The third kappa shape index (κ3) is 5.16. The van der Waals surface area contributed by atoms with Gasteiger partial charge in [-0.25, -0.2) is 4.79 Å². The number of anilines is 1. The molecule has 168 valence electrons. The molecular weight excluding hydrogens is 428 g/mol. The van der Waals surface area contributed by atoms with Crippen molar-refractivity contribution in [3.8, 4) is 5.75 Å². The van der Waals surface area contributed by atoms with Crippen LogP contribution in [0.25, 0.3) is 10.9 Å². The van der Waals surface area contributed by atoms with Gasteiger partial charge in [0.2, 0.25) is 5.91 Å². The summed E-state index contributed by atoms with van der Waals surface area (Å²) in [5.74, 6) is 0.692. The fourth-order valence-electron chi connectivity index (χ4n) is 3.97. The van der Waals surface area contributed by atoms with Crippen LogP contribution in [0.3, 0.4) is 0 Å². The standard InChI is InChI=1S/C24H27ClN4O3/c1-2-32-18-8-6-17(7-9-18)27-23(30)4-3-12-26-24(31)29-13-11-19-20-14-16(25)5-10-21(20)28-22(19)15-29/h5-10,14,28H,2-4,11-13,15H2,1H3,(H,26,31)(H,27,30). The van der Waals surface area contributed by atoms with Gasteiger partial charge in [0.15, 0.2) is 0 Å². The van der Waals surface area contributed by atoms with Gasteiger partial charge in [-0.2, -0.15) is 0 Å². The molecule has 8 heteroatoms. The van der Waals surface area contributed by atoms with Crippen molar-refractivity contribution in [1.82, 2.24) is 15.2 Å². The molecule has 0 radical (unpaired) electrons. The van der Waals surface area contributed by atoms with Crippen LogP contribution < -0.4 is 15.4 Å². The molecule has 0 spiro atoms. The molecule has 7 nitrogen and oxygen atoms in total. The van der Waals surface area contributed by atoms with E-state index < -0.39 is 0 Å². The van der Waals surface area contributed by atoms with Crippen LogP contribution in [0.15, 0.2) is 42.5 Å². The number of urea groups is 1. The second-order valence-electron chi connectivity index (χ2n) is 7.78. The van der Waals surface area contributed by atoms with E-state index in [0.29, 0.717) is 44.1 Å². The van der Waals surface area contributed by atoms with Crippen molar-refractivity contribution in [3.05, 3.63) is 58.7 Å². The topological polar surface area (TPSA) is 86.5 Å². The SMILES string of the molecule is CCOc1ccc(NC(=O)CCCNC(=O)N2CCc3c([nH]c4ccc(Cl)cc34)C2)cc1. The van der Waals surface area contributed by atoms with Crippen molar-refractivity contribution in [2.45, 2.75) is 32.7 Å². The Morgan fingerprint density at radius 3 is 2.78 bits per heavy atom. The molecule has 1 aliphatic heterocycles. The molecular formula is C24H27ClN4O3. The van der Waals surface area contributed by atoms with Crippen molar-refractivity contribution >= 4 is 40.1 Å². The van der Waals surface area contributed by atoms with Crippen LogP contribution in [0, 0.1) is 0 Å². The van der Waals surface area contributed by atoms with Crippen molar-refractivity contribution < 1.29 is 14.3 Å². The Kier molecular flexibility index (Phi) is 6.85. The highest BCUT2D eigenvalue weighted by Crippen LogP contribution is 2.29. The molecule has 0 fully saturated rings. The predicted octanol–water partition coefficient (Wildman–Crippen LogP) is 4.71. The van der Waals surface area contributed by atoms with Gasteiger partial charge in [-0.05, 0) is 67.8 Å². The van der Waals surface area contributed by atoms with E-state index >= 15 is 0 Å². The van der Waals surface area contributed by atoms with E-state index in [-0.39, 0.29) is 11.9 Å².